The van der Waals surface area contributed by atoms with E-state index in [0.29, 0.717) is 17.9 Å². The number of cyclic esters (lactones) is 1. The zero-order valence-electron chi connectivity index (χ0n) is 9.46. The van der Waals surface area contributed by atoms with Gasteiger partial charge < -0.3 is 4.74 Å². The molecule has 1 heterocycles. The van der Waals surface area contributed by atoms with Crippen LogP contribution < -0.4 is 0 Å². The molecular formula is C13H11Br2ClO2. The second-order valence-electron chi connectivity index (χ2n) is 4.08. The van der Waals surface area contributed by atoms with Gasteiger partial charge in [0.2, 0.25) is 0 Å². The largest absolute Gasteiger partial charge is 0.462 e. The summed E-state index contributed by atoms with van der Waals surface area (Å²) in [6.07, 6.45) is 1.83. The molecule has 1 fully saturated rings. The lowest BCUT2D eigenvalue weighted by Gasteiger charge is -2.10. The van der Waals surface area contributed by atoms with Gasteiger partial charge in [0.15, 0.2) is 0 Å². The molecule has 0 aliphatic carbocycles. The van der Waals surface area contributed by atoms with E-state index in [0.717, 1.165) is 20.9 Å². The zero-order valence-corrected chi connectivity index (χ0v) is 13.4. The molecule has 2 nitrogen and oxygen atoms in total. The summed E-state index contributed by atoms with van der Waals surface area (Å²) >= 11 is 13.2. The highest BCUT2D eigenvalue weighted by Gasteiger charge is 2.24. The molecular weight excluding hydrogens is 383 g/mol. The van der Waals surface area contributed by atoms with Crippen molar-refractivity contribution >= 4 is 54.5 Å². The van der Waals surface area contributed by atoms with Gasteiger partial charge in [-0.1, -0.05) is 55.6 Å². The summed E-state index contributed by atoms with van der Waals surface area (Å²) in [5, 5.41) is 0.658. The molecule has 0 amide bonds. The fourth-order valence-electron chi connectivity index (χ4n) is 1.77. The van der Waals surface area contributed by atoms with Crippen molar-refractivity contribution in [1.29, 1.82) is 0 Å². The van der Waals surface area contributed by atoms with Gasteiger partial charge in [-0.2, -0.15) is 0 Å². The third kappa shape index (κ3) is 3.59. The number of carbonyl (C=O) groups is 1. The lowest BCUT2D eigenvalue weighted by molar-refractivity contribution is -0.141. The molecule has 5 heteroatoms. The average Bonchev–Trinajstić information content (AvgIpc) is 2.75. The van der Waals surface area contributed by atoms with Gasteiger partial charge in [0, 0.05) is 21.8 Å². The fraction of sp³-hybridized carbons (Fsp3) is 0.308. The minimum Gasteiger partial charge on any atom is -0.462 e. The summed E-state index contributed by atoms with van der Waals surface area (Å²) in [5.41, 5.74) is 0.941. The minimum absolute atomic E-state index is 0.0592. The van der Waals surface area contributed by atoms with Gasteiger partial charge in [-0.25, -0.2) is 0 Å². The first-order valence-corrected chi connectivity index (χ1v) is 7.52. The maximum absolute atomic E-state index is 11.0. The van der Waals surface area contributed by atoms with Crippen molar-refractivity contribution in [3.63, 3.8) is 0 Å². The van der Waals surface area contributed by atoms with Crippen LogP contribution >= 0.6 is 43.5 Å². The monoisotopic (exact) mass is 392 g/mol. The van der Waals surface area contributed by atoms with Crippen molar-refractivity contribution in [2.45, 2.75) is 25.4 Å². The summed E-state index contributed by atoms with van der Waals surface area (Å²) in [5.74, 6) is -0.125. The van der Waals surface area contributed by atoms with Crippen LogP contribution in [0, 0.1) is 0 Å². The molecule has 2 rings (SSSR count). The molecule has 18 heavy (non-hydrogen) atoms. The fourth-order valence-corrected chi connectivity index (χ4v) is 2.83. The Morgan fingerprint density at radius 3 is 2.61 bits per heavy atom. The van der Waals surface area contributed by atoms with Gasteiger partial charge in [0.1, 0.15) is 6.10 Å². The molecule has 0 radical (unpaired) electrons. The number of halogens is 3. The van der Waals surface area contributed by atoms with Gasteiger partial charge in [-0.05, 0) is 24.1 Å². The number of hydrogen-bond donors (Lipinski definition) is 0. The van der Waals surface area contributed by atoms with E-state index in [1.54, 1.807) is 0 Å². The van der Waals surface area contributed by atoms with Crippen LogP contribution in [0.4, 0.5) is 0 Å². The molecule has 0 aromatic heterocycles. The summed E-state index contributed by atoms with van der Waals surface area (Å²) in [6.45, 7) is 0. The Hall–Kier alpha value is -0.320. The molecule has 1 atom stereocenters. The van der Waals surface area contributed by atoms with Gasteiger partial charge in [-0.3, -0.25) is 4.79 Å². The number of benzene rings is 1. The second-order valence-corrected chi connectivity index (χ2v) is 6.33. The molecule has 0 spiro atoms. The van der Waals surface area contributed by atoms with Gasteiger partial charge in [-0.15, -0.1) is 0 Å². The predicted octanol–water partition coefficient (Wildman–Crippen LogP) is 4.85. The first kappa shape index (κ1) is 14.1. The highest BCUT2D eigenvalue weighted by atomic mass is 79.9. The molecule has 1 aromatic rings. The Morgan fingerprint density at radius 1 is 1.39 bits per heavy atom. The average molecular weight is 394 g/mol. The summed E-state index contributed by atoms with van der Waals surface area (Å²) in [7, 11) is 0. The minimum atomic E-state index is -0.125. The molecule has 1 aliphatic rings. The van der Waals surface area contributed by atoms with Crippen LogP contribution in [0.1, 0.15) is 24.8 Å². The van der Waals surface area contributed by atoms with Crippen LogP contribution in [-0.4, -0.2) is 12.1 Å². The highest BCUT2D eigenvalue weighted by Crippen LogP contribution is 2.33. The van der Waals surface area contributed by atoms with Crippen molar-refractivity contribution in [2.24, 2.45) is 0 Å². The second kappa shape index (κ2) is 6.22. The van der Waals surface area contributed by atoms with Crippen molar-refractivity contribution < 1.29 is 9.53 Å². The number of rotatable bonds is 3. The Balaban J connectivity index is 2.09. The Kier molecular flexibility index (Phi) is 4.87. The molecule has 1 saturated heterocycles. The van der Waals surface area contributed by atoms with Gasteiger partial charge in [0.05, 0.1) is 5.03 Å². The molecule has 0 unspecified atom stereocenters. The van der Waals surface area contributed by atoms with Crippen LogP contribution in [-0.2, 0) is 9.53 Å². The quantitative estimate of drug-likeness (QED) is 0.686. The third-order valence-electron chi connectivity index (χ3n) is 2.71. The van der Waals surface area contributed by atoms with Crippen LogP contribution in [0.2, 0.25) is 0 Å². The summed E-state index contributed by atoms with van der Waals surface area (Å²) in [6, 6.07) is 7.75. The molecule has 1 aliphatic heterocycles. The Morgan fingerprint density at radius 2 is 2.06 bits per heavy atom. The Bertz CT molecular complexity index is 482. The van der Waals surface area contributed by atoms with E-state index in [2.05, 4.69) is 31.9 Å². The molecule has 1 aromatic carbocycles. The van der Waals surface area contributed by atoms with E-state index in [4.69, 9.17) is 16.3 Å². The lowest BCUT2D eigenvalue weighted by Crippen LogP contribution is -2.06. The van der Waals surface area contributed by atoms with E-state index in [-0.39, 0.29) is 12.1 Å². The van der Waals surface area contributed by atoms with Gasteiger partial charge in [0.25, 0.3) is 0 Å². The van der Waals surface area contributed by atoms with Crippen molar-refractivity contribution in [3.8, 4) is 0 Å². The number of esters is 1. The van der Waals surface area contributed by atoms with Crippen molar-refractivity contribution in [1.82, 2.24) is 0 Å². The summed E-state index contributed by atoms with van der Waals surface area (Å²) < 4.78 is 7.05. The number of ether oxygens (including phenoxy) is 1. The maximum Gasteiger partial charge on any atom is 0.306 e. The number of carbonyl (C=O) groups excluding carboxylic acids is 1. The Labute approximate surface area is 128 Å². The topological polar surface area (TPSA) is 26.3 Å². The van der Waals surface area contributed by atoms with E-state index >= 15 is 0 Å². The van der Waals surface area contributed by atoms with Crippen LogP contribution in [0.3, 0.4) is 0 Å². The highest BCUT2D eigenvalue weighted by molar-refractivity contribution is 9.11. The van der Waals surface area contributed by atoms with Crippen LogP contribution in [0.25, 0.3) is 5.03 Å². The van der Waals surface area contributed by atoms with E-state index in [1.807, 2.05) is 24.3 Å². The van der Waals surface area contributed by atoms with Crippen LogP contribution in [0.5, 0.6) is 0 Å². The molecule has 0 bridgehead atoms. The number of hydrogen-bond acceptors (Lipinski definition) is 2. The third-order valence-corrected chi connectivity index (χ3v) is 4.63. The molecule has 96 valence electrons. The van der Waals surface area contributed by atoms with Crippen molar-refractivity contribution in [3.05, 3.63) is 38.8 Å². The van der Waals surface area contributed by atoms with Crippen molar-refractivity contribution in [2.75, 3.05) is 0 Å². The normalized spacial score (nSPS) is 20.6. The molecule has 0 saturated carbocycles. The lowest BCUT2D eigenvalue weighted by atomic mass is 10.1. The van der Waals surface area contributed by atoms with Crippen LogP contribution in [0.15, 0.2) is 33.2 Å². The standard InChI is InChI=1S/C13H11Br2ClO2/c14-9-3-1-8(2-4-9)13(16)11(15)7-10-5-6-12(17)18-10/h1-4,10H,5-7H2/b13-11-/t10-/m0/s1. The van der Waals surface area contributed by atoms with E-state index < -0.39 is 0 Å². The summed E-state index contributed by atoms with van der Waals surface area (Å²) in [4.78, 5) is 11.0. The smallest absolute Gasteiger partial charge is 0.306 e. The molecule has 0 N–H and O–H groups in total. The maximum atomic E-state index is 11.0. The zero-order chi connectivity index (χ0) is 13.1. The first-order chi connectivity index (χ1) is 8.56. The SMILES string of the molecule is O=C1CC[C@@H](C/C(Br)=C(/Cl)c2ccc(Br)cc2)O1. The van der Waals surface area contributed by atoms with Gasteiger partial charge >= 0.3 is 5.97 Å². The van der Waals surface area contributed by atoms with E-state index in [1.165, 1.54) is 0 Å². The van der Waals surface area contributed by atoms with E-state index in [9.17, 15) is 4.79 Å². The first-order valence-electron chi connectivity index (χ1n) is 5.56. The predicted molar refractivity (Wildman–Crippen MR) is 79.6 cm³/mol.